The van der Waals surface area contributed by atoms with E-state index in [1.54, 1.807) is 6.07 Å². The van der Waals surface area contributed by atoms with Crippen LogP contribution in [0.5, 0.6) is 0 Å². The van der Waals surface area contributed by atoms with E-state index in [4.69, 9.17) is 0 Å². The number of hydrogen-bond donors (Lipinski definition) is 1. The van der Waals surface area contributed by atoms with Gasteiger partial charge in [-0.15, -0.1) is 0 Å². The maximum atomic E-state index is 13.1. The molecule has 158 valence electrons. The van der Waals surface area contributed by atoms with Crippen LogP contribution in [0.15, 0.2) is 42.5 Å². The zero-order valence-electron chi connectivity index (χ0n) is 18.2. The molecule has 0 unspecified atom stereocenters. The highest BCUT2D eigenvalue weighted by Gasteiger charge is 2.32. The maximum Gasteiger partial charge on any atom is 0.244 e. The molecule has 0 aliphatic heterocycles. The number of carbonyl (C=O) groups is 1. The molecule has 1 N–H and O–H groups in total. The first-order valence-electron chi connectivity index (χ1n) is 10.0. The predicted molar refractivity (Wildman–Crippen MR) is 120 cm³/mol. The molecule has 0 saturated carbocycles. The van der Waals surface area contributed by atoms with Gasteiger partial charge in [-0.25, -0.2) is 8.42 Å². The normalized spacial score (nSPS) is 13.6. The number of carbonyl (C=O) groups excluding carboxylic acids is 1. The van der Waals surface area contributed by atoms with Crippen molar-refractivity contribution in [1.29, 1.82) is 0 Å². The smallest absolute Gasteiger partial charge is 0.244 e. The summed E-state index contributed by atoms with van der Waals surface area (Å²) < 4.78 is 26.4. The van der Waals surface area contributed by atoms with Crippen LogP contribution in [0.25, 0.3) is 0 Å². The highest BCUT2D eigenvalue weighted by Crippen LogP contribution is 2.25. The van der Waals surface area contributed by atoms with Crippen LogP contribution in [0.3, 0.4) is 0 Å². The Morgan fingerprint density at radius 1 is 1.03 bits per heavy atom. The van der Waals surface area contributed by atoms with E-state index in [1.165, 1.54) is 9.87 Å². The molecule has 0 bridgehead atoms. The second-order valence-corrected chi connectivity index (χ2v) is 9.44. The van der Waals surface area contributed by atoms with Gasteiger partial charge in [-0.1, -0.05) is 44.2 Å². The standard InChI is InChI=1S/C23H32N2O3S/c1-7-19-10-12-20(13-11-19)18(5)24-23(26)22(8-2)25(29(6,27)28)21-14-9-16(3)17(4)15-21/h9-15,18,22H,7-8H2,1-6H3,(H,24,26)/t18-,22-/m1/s1. The van der Waals surface area contributed by atoms with Gasteiger partial charge in [0.15, 0.2) is 0 Å². The van der Waals surface area contributed by atoms with Gasteiger partial charge >= 0.3 is 0 Å². The van der Waals surface area contributed by atoms with Gasteiger partial charge in [0, 0.05) is 0 Å². The van der Waals surface area contributed by atoms with E-state index in [2.05, 4.69) is 12.2 Å². The minimum absolute atomic E-state index is 0.219. The fourth-order valence-electron chi connectivity index (χ4n) is 3.36. The summed E-state index contributed by atoms with van der Waals surface area (Å²) in [7, 11) is -3.64. The molecule has 2 aromatic rings. The van der Waals surface area contributed by atoms with Crippen LogP contribution in [0.1, 0.15) is 55.5 Å². The third-order valence-electron chi connectivity index (χ3n) is 5.32. The molecule has 0 aliphatic carbocycles. The van der Waals surface area contributed by atoms with Crippen molar-refractivity contribution in [3.05, 3.63) is 64.7 Å². The third kappa shape index (κ3) is 5.60. The van der Waals surface area contributed by atoms with E-state index in [1.807, 2.05) is 64.1 Å². The Labute approximate surface area is 175 Å². The summed E-state index contributed by atoms with van der Waals surface area (Å²) in [4.78, 5) is 13.1. The van der Waals surface area contributed by atoms with Gasteiger partial charge in [0.2, 0.25) is 15.9 Å². The third-order valence-corrected chi connectivity index (χ3v) is 6.50. The number of nitrogens with zero attached hydrogens (tertiary/aromatic N) is 1. The molecule has 0 aromatic heterocycles. The molecule has 5 nitrogen and oxygen atoms in total. The second kappa shape index (κ2) is 9.44. The summed E-state index contributed by atoms with van der Waals surface area (Å²) in [5, 5.41) is 2.99. The lowest BCUT2D eigenvalue weighted by Crippen LogP contribution is -2.49. The molecule has 6 heteroatoms. The summed E-state index contributed by atoms with van der Waals surface area (Å²) in [6.45, 7) is 9.73. The van der Waals surface area contributed by atoms with Crippen molar-refractivity contribution in [2.45, 2.75) is 59.5 Å². The van der Waals surface area contributed by atoms with Crippen molar-refractivity contribution < 1.29 is 13.2 Å². The van der Waals surface area contributed by atoms with E-state index in [0.29, 0.717) is 12.1 Å². The van der Waals surface area contributed by atoms with Gasteiger partial charge in [0.25, 0.3) is 0 Å². The number of rotatable bonds is 8. The van der Waals surface area contributed by atoms with E-state index in [-0.39, 0.29) is 11.9 Å². The Bertz CT molecular complexity index is 953. The number of amides is 1. The zero-order valence-corrected chi connectivity index (χ0v) is 19.0. The topological polar surface area (TPSA) is 66.5 Å². The van der Waals surface area contributed by atoms with Crippen LogP contribution in [-0.2, 0) is 21.2 Å². The van der Waals surface area contributed by atoms with Crippen LogP contribution in [0.2, 0.25) is 0 Å². The molecule has 2 aromatic carbocycles. The second-order valence-electron chi connectivity index (χ2n) is 7.58. The highest BCUT2D eigenvalue weighted by atomic mass is 32.2. The molecule has 0 fully saturated rings. The molecule has 0 saturated heterocycles. The van der Waals surface area contributed by atoms with Crippen molar-refractivity contribution >= 4 is 21.6 Å². The first-order chi connectivity index (χ1) is 13.6. The fourth-order valence-corrected chi connectivity index (χ4v) is 4.56. The Hall–Kier alpha value is -2.34. The van der Waals surface area contributed by atoms with Crippen molar-refractivity contribution in [2.75, 3.05) is 10.6 Å². The lowest BCUT2D eigenvalue weighted by atomic mass is 10.0. The van der Waals surface area contributed by atoms with Gasteiger partial charge in [-0.3, -0.25) is 9.10 Å². The van der Waals surface area contributed by atoms with Crippen LogP contribution in [0, 0.1) is 13.8 Å². The number of sulfonamides is 1. The lowest BCUT2D eigenvalue weighted by molar-refractivity contribution is -0.122. The number of anilines is 1. The number of aryl methyl sites for hydroxylation is 3. The Morgan fingerprint density at radius 2 is 1.66 bits per heavy atom. The van der Waals surface area contributed by atoms with Crippen LogP contribution in [-0.4, -0.2) is 26.6 Å². The first kappa shape index (κ1) is 22.9. The number of hydrogen-bond acceptors (Lipinski definition) is 3. The van der Waals surface area contributed by atoms with E-state index in [9.17, 15) is 13.2 Å². The molecule has 0 spiro atoms. The van der Waals surface area contributed by atoms with Gasteiger partial charge < -0.3 is 5.32 Å². The number of nitrogens with one attached hydrogen (secondary N) is 1. The van der Waals surface area contributed by atoms with Crippen molar-refractivity contribution in [1.82, 2.24) is 5.32 Å². The van der Waals surface area contributed by atoms with Crippen LogP contribution in [0.4, 0.5) is 5.69 Å². The summed E-state index contributed by atoms with van der Waals surface area (Å²) in [6.07, 6.45) is 2.47. The summed E-state index contributed by atoms with van der Waals surface area (Å²) >= 11 is 0. The molecular weight excluding hydrogens is 384 g/mol. The molecule has 0 aliphatic rings. The Morgan fingerprint density at radius 3 is 2.14 bits per heavy atom. The zero-order chi connectivity index (χ0) is 21.8. The van der Waals surface area contributed by atoms with E-state index >= 15 is 0 Å². The predicted octanol–water partition coefficient (Wildman–Crippen LogP) is 4.29. The molecule has 2 rings (SSSR count). The highest BCUT2D eigenvalue weighted by molar-refractivity contribution is 7.92. The minimum Gasteiger partial charge on any atom is -0.348 e. The average molecular weight is 417 g/mol. The first-order valence-corrected chi connectivity index (χ1v) is 11.9. The molecule has 0 heterocycles. The molecule has 29 heavy (non-hydrogen) atoms. The SMILES string of the molecule is CCc1ccc([C@@H](C)NC(=O)[C@@H](CC)N(c2ccc(C)c(C)c2)S(C)(=O)=O)cc1. The van der Waals surface area contributed by atoms with Crippen LogP contribution >= 0.6 is 0 Å². The monoisotopic (exact) mass is 416 g/mol. The summed E-state index contributed by atoms with van der Waals surface area (Å²) in [5.74, 6) is -0.303. The van der Waals surface area contributed by atoms with Gasteiger partial charge in [0.05, 0.1) is 18.0 Å². The summed E-state index contributed by atoms with van der Waals surface area (Å²) in [6, 6.07) is 12.5. The molecule has 0 radical (unpaired) electrons. The molecule has 2 atom stereocenters. The average Bonchev–Trinajstić information content (AvgIpc) is 2.67. The van der Waals surface area contributed by atoms with Crippen molar-refractivity contribution in [3.8, 4) is 0 Å². The number of benzene rings is 2. The molecular formula is C23H32N2O3S. The molecule has 1 amide bonds. The fraction of sp³-hybridized carbons (Fsp3) is 0.435. The minimum atomic E-state index is -3.64. The van der Waals surface area contributed by atoms with Gasteiger partial charge in [-0.05, 0) is 68.0 Å². The van der Waals surface area contributed by atoms with E-state index in [0.717, 1.165) is 29.4 Å². The van der Waals surface area contributed by atoms with Crippen molar-refractivity contribution in [2.24, 2.45) is 0 Å². The Balaban J connectivity index is 2.30. The van der Waals surface area contributed by atoms with Crippen molar-refractivity contribution in [3.63, 3.8) is 0 Å². The lowest BCUT2D eigenvalue weighted by Gasteiger charge is -2.31. The van der Waals surface area contributed by atoms with Gasteiger partial charge in [-0.2, -0.15) is 0 Å². The maximum absolute atomic E-state index is 13.1. The largest absolute Gasteiger partial charge is 0.348 e. The summed E-state index contributed by atoms with van der Waals surface area (Å²) in [5.41, 5.74) is 4.79. The Kier molecular flexibility index (Phi) is 7.47. The van der Waals surface area contributed by atoms with Gasteiger partial charge in [0.1, 0.15) is 6.04 Å². The van der Waals surface area contributed by atoms with Crippen LogP contribution < -0.4 is 9.62 Å². The quantitative estimate of drug-likeness (QED) is 0.698. The van der Waals surface area contributed by atoms with E-state index < -0.39 is 16.1 Å².